The summed E-state index contributed by atoms with van der Waals surface area (Å²) in [7, 11) is 0. The summed E-state index contributed by atoms with van der Waals surface area (Å²) in [4.78, 5) is 14.5. The van der Waals surface area contributed by atoms with Crippen molar-refractivity contribution in [2.75, 3.05) is 19.8 Å². The van der Waals surface area contributed by atoms with Gasteiger partial charge in [0.25, 0.3) is 0 Å². The van der Waals surface area contributed by atoms with Crippen LogP contribution >= 0.6 is 12.2 Å². The van der Waals surface area contributed by atoms with E-state index in [0.717, 1.165) is 0 Å². The molecule has 0 aromatic carbocycles. The third-order valence-electron chi connectivity index (χ3n) is 3.69. The molecule has 0 aromatic rings. The number of ether oxygens (including phenoxy) is 1. The number of aliphatic hydroxyl groups excluding tert-OH is 1. The van der Waals surface area contributed by atoms with Crippen molar-refractivity contribution < 1.29 is 14.6 Å². The summed E-state index contributed by atoms with van der Waals surface area (Å²) in [6, 6.07) is -0.0273. The number of nitrogens with two attached hydrogens (primary N) is 1. The average Bonchev–Trinajstić information content (AvgIpc) is 2.37. The van der Waals surface area contributed by atoms with Gasteiger partial charge in [0, 0.05) is 6.54 Å². The Morgan fingerprint density at radius 2 is 2.28 bits per heavy atom. The van der Waals surface area contributed by atoms with Crippen molar-refractivity contribution in [1.82, 2.24) is 4.90 Å². The predicted octanol–water partition coefficient (Wildman–Crippen LogP) is 0.297. The smallest absolute Gasteiger partial charge is 0.235 e. The third kappa shape index (κ3) is 2.81. The van der Waals surface area contributed by atoms with Gasteiger partial charge in [-0.3, -0.25) is 4.79 Å². The van der Waals surface area contributed by atoms with Crippen molar-refractivity contribution in [2.45, 2.75) is 39.3 Å². The fourth-order valence-corrected chi connectivity index (χ4v) is 2.19. The average molecular weight is 274 g/mol. The summed E-state index contributed by atoms with van der Waals surface area (Å²) >= 11 is 5.02. The molecule has 104 valence electrons. The van der Waals surface area contributed by atoms with Crippen LogP contribution in [0.2, 0.25) is 0 Å². The van der Waals surface area contributed by atoms with Gasteiger partial charge in [-0.2, -0.15) is 0 Å². The molecule has 5 nitrogen and oxygen atoms in total. The van der Waals surface area contributed by atoms with Crippen LogP contribution in [0.5, 0.6) is 0 Å². The zero-order valence-electron chi connectivity index (χ0n) is 11.2. The lowest BCUT2D eigenvalue weighted by Gasteiger charge is -2.41. The molecule has 0 spiro atoms. The second-order valence-electron chi connectivity index (χ2n) is 4.99. The van der Waals surface area contributed by atoms with E-state index in [1.165, 1.54) is 0 Å². The van der Waals surface area contributed by atoms with E-state index in [-0.39, 0.29) is 29.6 Å². The Morgan fingerprint density at radius 1 is 1.67 bits per heavy atom. The molecule has 1 aliphatic rings. The van der Waals surface area contributed by atoms with E-state index in [2.05, 4.69) is 0 Å². The van der Waals surface area contributed by atoms with Crippen molar-refractivity contribution in [1.29, 1.82) is 0 Å². The van der Waals surface area contributed by atoms with E-state index in [1.54, 1.807) is 11.8 Å². The van der Waals surface area contributed by atoms with Gasteiger partial charge in [0.1, 0.15) is 0 Å². The van der Waals surface area contributed by atoms with Gasteiger partial charge in [0.15, 0.2) is 0 Å². The summed E-state index contributed by atoms with van der Waals surface area (Å²) in [5.74, 6) is -0.0771. The van der Waals surface area contributed by atoms with Crippen LogP contribution < -0.4 is 5.73 Å². The highest BCUT2D eigenvalue weighted by Gasteiger charge is 2.41. The molecule has 0 saturated carbocycles. The van der Waals surface area contributed by atoms with Gasteiger partial charge < -0.3 is 20.5 Å². The number of aliphatic hydroxyl groups is 1. The molecular formula is C12H22N2O3S. The van der Waals surface area contributed by atoms with Crippen LogP contribution in [0.3, 0.4) is 0 Å². The Kier molecular flexibility index (Phi) is 5.07. The van der Waals surface area contributed by atoms with Crippen molar-refractivity contribution >= 4 is 23.1 Å². The standard InChI is InChI=1S/C12H22N2O3S/c1-4-12(3,10(13)18)11(16)14-5-9(6-15)17-7-8(14)2/h8-9,15H,4-7H2,1-3H3,(H2,13,18). The van der Waals surface area contributed by atoms with Crippen LogP contribution in [-0.4, -0.2) is 52.8 Å². The maximum absolute atomic E-state index is 12.6. The van der Waals surface area contributed by atoms with Crippen LogP contribution in [0, 0.1) is 5.41 Å². The molecule has 0 bridgehead atoms. The zero-order valence-corrected chi connectivity index (χ0v) is 12.0. The Labute approximate surface area is 113 Å². The minimum atomic E-state index is -0.819. The molecule has 3 unspecified atom stereocenters. The highest BCUT2D eigenvalue weighted by Crippen LogP contribution is 2.27. The van der Waals surface area contributed by atoms with E-state index in [0.29, 0.717) is 19.6 Å². The van der Waals surface area contributed by atoms with Crippen LogP contribution in [0.25, 0.3) is 0 Å². The van der Waals surface area contributed by atoms with E-state index in [9.17, 15) is 4.79 Å². The van der Waals surface area contributed by atoms with Crippen molar-refractivity contribution in [3.63, 3.8) is 0 Å². The van der Waals surface area contributed by atoms with Gasteiger partial charge in [-0.1, -0.05) is 19.1 Å². The van der Waals surface area contributed by atoms with Crippen molar-refractivity contribution in [3.05, 3.63) is 0 Å². The Hall–Kier alpha value is -0.720. The Bertz CT molecular complexity index is 337. The van der Waals surface area contributed by atoms with E-state index >= 15 is 0 Å². The van der Waals surface area contributed by atoms with Gasteiger partial charge in [-0.25, -0.2) is 0 Å². The molecule has 6 heteroatoms. The first-order valence-corrected chi connectivity index (χ1v) is 6.61. The van der Waals surface area contributed by atoms with Gasteiger partial charge in [-0.05, 0) is 20.3 Å². The lowest BCUT2D eigenvalue weighted by Crippen LogP contribution is -2.58. The number of nitrogens with zero attached hydrogens (tertiary/aromatic N) is 1. The minimum Gasteiger partial charge on any atom is -0.394 e. The first-order chi connectivity index (χ1) is 8.36. The molecule has 0 aromatic heterocycles. The normalized spacial score (nSPS) is 27.7. The number of carbonyl (C=O) groups excluding carboxylic acids is 1. The fourth-order valence-electron chi connectivity index (χ4n) is 1.96. The predicted molar refractivity (Wildman–Crippen MR) is 73.2 cm³/mol. The van der Waals surface area contributed by atoms with E-state index in [1.807, 2.05) is 13.8 Å². The highest BCUT2D eigenvalue weighted by molar-refractivity contribution is 7.80. The van der Waals surface area contributed by atoms with Crippen LogP contribution in [-0.2, 0) is 9.53 Å². The Balaban J connectivity index is 2.90. The first-order valence-electron chi connectivity index (χ1n) is 6.20. The maximum Gasteiger partial charge on any atom is 0.235 e. The number of morpholine rings is 1. The molecule has 0 aliphatic carbocycles. The summed E-state index contributed by atoms with van der Waals surface area (Å²) in [6.45, 7) is 6.30. The fraction of sp³-hybridized carbons (Fsp3) is 0.833. The molecule has 1 fully saturated rings. The largest absolute Gasteiger partial charge is 0.394 e. The van der Waals surface area contributed by atoms with Gasteiger partial charge in [-0.15, -0.1) is 0 Å². The number of amides is 1. The number of thiocarbonyl (C=S) groups is 1. The highest BCUT2D eigenvalue weighted by atomic mass is 32.1. The molecule has 1 aliphatic heterocycles. The van der Waals surface area contributed by atoms with Crippen molar-refractivity contribution in [2.24, 2.45) is 11.1 Å². The molecule has 18 heavy (non-hydrogen) atoms. The minimum absolute atomic E-state index is 0.0273. The summed E-state index contributed by atoms with van der Waals surface area (Å²) in [5.41, 5.74) is 4.89. The second kappa shape index (κ2) is 5.95. The SMILES string of the molecule is CCC(C)(C(=O)N1CC(CO)OCC1C)C(N)=S. The maximum atomic E-state index is 12.6. The second-order valence-corrected chi connectivity index (χ2v) is 5.43. The van der Waals surface area contributed by atoms with Crippen molar-refractivity contribution in [3.8, 4) is 0 Å². The number of hydrogen-bond donors (Lipinski definition) is 2. The van der Waals surface area contributed by atoms with Gasteiger partial charge in [0.05, 0.1) is 35.8 Å². The molecule has 1 heterocycles. The lowest BCUT2D eigenvalue weighted by molar-refractivity contribution is -0.152. The van der Waals surface area contributed by atoms with Gasteiger partial charge >= 0.3 is 0 Å². The number of hydrogen-bond acceptors (Lipinski definition) is 4. The molecule has 3 atom stereocenters. The molecule has 1 saturated heterocycles. The number of carbonyl (C=O) groups is 1. The topological polar surface area (TPSA) is 75.8 Å². The molecule has 0 radical (unpaired) electrons. The summed E-state index contributed by atoms with van der Waals surface area (Å²) in [5, 5.41) is 9.13. The number of rotatable bonds is 4. The van der Waals surface area contributed by atoms with Crippen LogP contribution in [0.1, 0.15) is 27.2 Å². The molecule has 3 N–H and O–H groups in total. The quantitative estimate of drug-likeness (QED) is 0.721. The van der Waals surface area contributed by atoms with E-state index < -0.39 is 5.41 Å². The zero-order chi connectivity index (χ0) is 13.9. The van der Waals surface area contributed by atoms with Gasteiger partial charge in [0.2, 0.25) is 5.91 Å². The molecule has 1 amide bonds. The monoisotopic (exact) mass is 274 g/mol. The summed E-state index contributed by atoms with van der Waals surface area (Å²) in [6.07, 6.45) is 0.243. The molecular weight excluding hydrogens is 252 g/mol. The third-order valence-corrected chi connectivity index (χ3v) is 4.14. The Morgan fingerprint density at radius 3 is 2.72 bits per heavy atom. The summed E-state index contributed by atoms with van der Waals surface area (Å²) < 4.78 is 5.42. The molecule has 1 rings (SSSR count). The lowest BCUT2D eigenvalue weighted by atomic mass is 9.85. The van der Waals surface area contributed by atoms with E-state index in [4.69, 9.17) is 27.8 Å². The van der Waals surface area contributed by atoms with Crippen LogP contribution in [0.15, 0.2) is 0 Å². The van der Waals surface area contributed by atoms with Crippen LogP contribution in [0.4, 0.5) is 0 Å². The first kappa shape index (κ1) is 15.3.